The molecule has 1 saturated carbocycles. The molecule has 17 heavy (non-hydrogen) atoms. The third-order valence-electron chi connectivity index (χ3n) is 3.67. The predicted octanol–water partition coefficient (Wildman–Crippen LogP) is -0.517. The Balaban J connectivity index is 1.88. The van der Waals surface area contributed by atoms with Gasteiger partial charge in [0, 0.05) is 13.0 Å². The second-order valence-electron chi connectivity index (χ2n) is 4.72. The molecule has 0 bridgehead atoms. The zero-order valence-electron chi connectivity index (χ0n) is 9.06. The minimum Gasteiger partial charge on any atom is -0.389 e. The van der Waals surface area contributed by atoms with Crippen LogP contribution in [0, 0.1) is 0 Å². The van der Waals surface area contributed by atoms with Crippen molar-refractivity contribution >= 4 is 11.0 Å². The van der Waals surface area contributed by atoms with Crippen LogP contribution in [0.5, 0.6) is 0 Å². The Bertz CT molecular complexity index is 598. The minimum absolute atomic E-state index is 0.463. The van der Waals surface area contributed by atoms with Gasteiger partial charge in [-0.3, -0.25) is 0 Å². The van der Waals surface area contributed by atoms with E-state index in [-0.39, 0.29) is 0 Å². The fourth-order valence-electron chi connectivity index (χ4n) is 2.58. The molecule has 88 valence electrons. The Hall–Kier alpha value is -1.50. The number of aromatic nitrogens is 3. The Labute approximate surface area is 97.1 Å². The maximum Gasteiger partial charge on any atom is 0.148 e. The summed E-state index contributed by atoms with van der Waals surface area (Å²) in [5.41, 5.74) is 1.13. The van der Waals surface area contributed by atoms with Crippen molar-refractivity contribution in [1.82, 2.24) is 19.9 Å². The number of benzene rings is 1. The highest BCUT2D eigenvalue weighted by molar-refractivity contribution is 5.74. The van der Waals surface area contributed by atoms with Crippen molar-refractivity contribution < 1.29 is 10.2 Å². The van der Waals surface area contributed by atoms with Crippen molar-refractivity contribution in [2.75, 3.05) is 6.54 Å². The van der Waals surface area contributed by atoms with E-state index in [4.69, 9.17) is 0 Å². The van der Waals surface area contributed by atoms with Crippen molar-refractivity contribution in [2.45, 2.75) is 24.4 Å². The summed E-state index contributed by atoms with van der Waals surface area (Å²) in [7, 11) is 0. The molecule has 0 spiro atoms. The first-order valence-corrected chi connectivity index (χ1v) is 5.67. The van der Waals surface area contributed by atoms with Crippen LogP contribution in [-0.4, -0.2) is 49.0 Å². The van der Waals surface area contributed by atoms with Gasteiger partial charge in [-0.1, -0.05) is 17.3 Å². The zero-order valence-corrected chi connectivity index (χ0v) is 9.06. The normalized spacial score (nSPS) is 39.5. The number of para-hydroxylation sites is 1. The summed E-state index contributed by atoms with van der Waals surface area (Å²) in [6.45, 7) is 0.589. The summed E-state index contributed by atoms with van der Waals surface area (Å²) < 4.78 is 1.74. The fourth-order valence-corrected chi connectivity index (χ4v) is 2.58. The molecule has 1 saturated heterocycles. The van der Waals surface area contributed by atoms with Gasteiger partial charge in [-0.25, -0.2) is 9.58 Å². The molecule has 6 heteroatoms. The number of fused-ring (bicyclic) bond motifs is 1. The van der Waals surface area contributed by atoms with E-state index >= 15 is 0 Å². The summed E-state index contributed by atoms with van der Waals surface area (Å²) in [6.07, 6.45) is -0.350. The molecule has 1 aliphatic heterocycles. The van der Waals surface area contributed by atoms with Crippen LogP contribution < -0.4 is 0 Å². The summed E-state index contributed by atoms with van der Waals surface area (Å²) in [5.74, 6) is 0. The maximum atomic E-state index is 9.90. The van der Waals surface area contributed by atoms with Crippen LogP contribution in [0.3, 0.4) is 0 Å². The fraction of sp³-hybridized carbons (Fsp3) is 0.455. The lowest BCUT2D eigenvalue weighted by atomic mass is 10.3. The summed E-state index contributed by atoms with van der Waals surface area (Å²) >= 11 is 0. The number of aliphatic hydroxyl groups excluding tert-OH is 2. The quantitative estimate of drug-likeness (QED) is 0.682. The number of hydrogen-bond donors (Lipinski definition) is 2. The molecule has 0 amide bonds. The largest absolute Gasteiger partial charge is 0.389 e. The lowest BCUT2D eigenvalue weighted by Crippen LogP contribution is -2.33. The first-order chi connectivity index (χ1) is 8.23. The van der Waals surface area contributed by atoms with Crippen LogP contribution >= 0.6 is 0 Å². The Kier molecular flexibility index (Phi) is 1.59. The molecule has 1 aliphatic carbocycles. The van der Waals surface area contributed by atoms with Crippen molar-refractivity contribution in [2.24, 2.45) is 0 Å². The van der Waals surface area contributed by atoms with E-state index in [1.807, 2.05) is 29.2 Å². The maximum absolute atomic E-state index is 9.90. The van der Waals surface area contributed by atoms with Gasteiger partial charge in [-0.15, -0.1) is 5.10 Å². The van der Waals surface area contributed by atoms with Crippen molar-refractivity contribution in [3.63, 3.8) is 0 Å². The Morgan fingerprint density at radius 3 is 2.65 bits per heavy atom. The number of aliphatic hydroxyl groups is 2. The highest BCUT2D eigenvalue weighted by Crippen LogP contribution is 2.52. The molecular formula is C11H12N4O2. The molecule has 2 heterocycles. The van der Waals surface area contributed by atoms with E-state index in [0.29, 0.717) is 13.0 Å². The topological polar surface area (TPSA) is 74.2 Å². The van der Waals surface area contributed by atoms with E-state index in [2.05, 4.69) is 10.3 Å². The second kappa shape index (κ2) is 2.84. The molecule has 1 aromatic carbocycles. The molecular weight excluding hydrogens is 220 g/mol. The van der Waals surface area contributed by atoms with Crippen LogP contribution in [0.4, 0.5) is 0 Å². The van der Waals surface area contributed by atoms with Crippen LogP contribution in [-0.2, 0) is 5.66 Å². The van der Waals surface area contributed by atoms with Crippen LogP contribution in [0.2, 0.25) is 0 Å². The second-order valence-corrected chi connectivity index (χ2v) is 4.72. The third kappa shape index (κ3) is 1.09. The van der Waals surface area contributed by atoms with E-state index in [0.717, 1.165) is 11.0 Å². The lowest BCUT2D eigenvalue weighted by molar-refractivity contribution is 0.0867. The van der Waals surface area contributed by atoms with Crippen LogP contribution in [0.25, 0.3) is 11.0 Å². The number of nitrogens with zero attached hydrogens (tertiary/aromatic N) is 4. The standard InChI is InChI=1S/C11H12N4O2/c16-9-5-11(9,14-6-10(14)17)15-8-4-2-1-3-7(8)12-13-15/h1-4,9-10,16-17H,5-6H2. The highest BCUT2D eigenvalue weighted by Gasteiger charge is 2.67. The monoisotopic (exact) mass is 232 g/mol. The molecule has 4 atom stereocenters. The van der Waals surface area contributed by atoms with Gasteiger partial charge in [-0.05, 0) is 12.1 Å². The van der Waals surface area contributed by atoms with Gasteiger partial charge in [0.2, 0.25) is 0 Å². The van der Waals surface area contributed by atoms with Crippen molar-refractivity contribution in [3.8, 4) is 0 Å². The first kappa shape index (κ1) is 9.52. The SMILES string of the molecule is OC1CN1C1(n2nnc3ccccc32)CC1O. The molecule has 4 unspecified atom stereocenters. The van der Waals surface area contributed by atoms with E-state index < -0.39 is 18.0 Å². The van der Waals surface area contributed by atoms with Gasteiger partial charge in [0.05, 0.1) is 11.6 Å². The van der Waals surface area contributed by atoms with Crippen molar-refractivity contribution in [3.05, 3.63) is 24.3 Å². The van der Waals surface area contributed by atoms with Gasteiger partial charge in [0.25, 0.3) is 0 Å². The molecule has 0 radical (unpaired) electrons. The highest BCUT2D eigenvalue weighted by atomic mass is 16.3. The average molecular weight is 232 g/mol. The molecule has 6 nitrogen and oxygen atoms in total. The van der Waals surface area contributed by atoms with Crippen LogP contribution in [0.1, 0.15) is 6.42 Å². The van der Waals surface area contributed by atoms with Gasteiger partial charge >= 0.3 is 0 Å². The van der Waals surface area contributed by atoms with E-state index in [1.165, 1.54) is 0 Å². The van der Waals surface area contributed by atoms with Gasteiger partial charge in [0.1, 0.15) is 17.4 Å². The van der Waals surface area contributed by atoms with Gasteiger partial charge in [-0.2, -0.15) is 0 Å². The smallest absolute Gasteiger partial charge is 0.148 e. The average Bonchev–Trinajstić information content (AvgIpc) is 3.16. The molecule has 2 N–H and O–H groups in total. The summed E-state index contributed by atoms with van der Waals surface area (Å²) in [5, 5.41) is 27.7. The molecule has 2 fully saturated rings. The van der Waals surface area contributed by atoms with E-state index in [9.17, 15) is 10.2 Å². The van der Waals surface area contributed by atoms with Crippen molar-refractivity contribution in [1.29, 1.82) is 0 Å². The summed E-state index contributed by atoms with van der Waals surface area (Å²) in [4.78, 5) is 1.85. The predicted molar refractivity (Wildman–Crippen MR) is 58.8 cm³/mol. The number of β-amino-alcohol motifs (C(OH)–C–C–N with tert-alkyl or cyclic N) is 1. The third-order valence-corrected chi connectivity index (χ3v) is 3.67. The van der Waals surface area contributed by atoms with E-state index in [1.54, 1.807) is 4.68 Å². The minimum atomic E-state index is -0.574. The van der Waals surface area contributed by atoms with Gasteiger partial charge in [0.15, 0.2) is 0 Å². The number of rotatable bonds is 2. The summed E-state index contributed by atoms with van der Waals surface area (Å²) in [6, 6.07) is 7.64. The Morgan fingerprint density at radius 2 is 2.00 bits per heavy atom. The molecule has 1 aromatic heterocycles. The zero-order chi connectivity index (χ0) is 11.6. The number of hydrogen-bond acceptors (Lipinski definition) is 5. The molecule has 2 aliphatic rings. The molecule has 2 aromatic rings. The Morgan fingerprint density at radius 1 is 1.29 bits per heavy atom. The molecule has 4 rings (SSSR count). The van der Waals surface area contributed by atoms with Crippen LogP contribution in [0.15, 0.2) is 24.3 Å². The van der Waals surface area contributed by atoms with Gasteiger partial charge < -0.3 is 10.2 Å². The lowest BCUT2D eigenvalue weighted by Gasteiger charge is -2.18. The first-order valence-electron chi connectivity index (χ1n) is 5.67.